The van der Waals surface area contributed by atoms with Crippen molar-refractivity contribution in [1.82, 2.24) is 0 Å². The van der Waals surface area contributed by atoms with Gasteiger partial charge in [-0.05, 0) is 0 Å². The molecule has 0 saturated heterocycles. The molecule has 0 amide bonds. The van der Waals surface area contributed by atoms with Gasteiger partial charge in [-0.3, -0.25) is 0 Å². The third-order valence-corrected chi connectivity index (χ3v) is 18.9. The van der Waals surface area contributed by atoms with Gasteiger partial charge in [0.2, 0.25) is 0 Å². The van der Waals surface area contributed by atoms with Crippen molar-refractivity contribution in [2.24, 2.45) is 0 Å². The largest absolute Gasteiger partial charge is 1.00 e. The first-order valence-corrected chi connectivity index (χ1v) is 20.6. The molecule has 3 aliphatic rings. The Kier molecular flexibility index (Phi) is 8.88. The molecule has 4 aromatic rings. The standard InChI is InChI=1S/C38H38Si.2ClH.Zr/c1-25-17-19-31(23-29-13-9-7-10-14-29)35-33(25)21-27(3)37(35)39(5,6)38-28(4)22-34-26(2)18-20-32(36(34)38)24-30-15-11-8-12-16-30;;;/h7-22H,23-24H2,1-6H3;2*1H;/q;;;+2/p-2. The zero-order chi connectivity index (χ0) is 27.8. The Morgan fingerprint density at radius 1 is 0.548 bits per heavy atom. The predicted molar refractivity (Wildman–Crippen MR) is 169 cm³/mol. The van der Waals surface area contributed by atoms with E-state index in [1.165, 1.54) is 22.3 Å². The summed E-state index contributed by atoms with van der Waals surface area (Å²) in [4.78, 5) is 0. The zero-order valence-electron chi connectivity index (χ0n) is 25.4. The minimum absolute atomic E-state index is 0. The van der Waals surface area contributed by atoms with Crippen LogP contribution < -0.4 is 24.8 Å². The summed E-state index contributed by atoms with van der Waals surface area (Å²) in [5, 5.41) is 3.55. The smallest absolute Gasteiger partial charge is 1.00 e. The van der Waals surface area contributed by atoms with E-state index in [0.717, 1.165) is 12.8 Å². The first-order chi connectivity index (χ1) is 19.3. The molecule has 0 nitrogen and oxygen atoms in total. The van der Waals surface area contributed by atoms with Crippen LogP contribution in [0.25, 0.3) is 10.4 Å². The van der Waals surface area contributed by atoms with E-state index in [1.54, 1.807) is 54.9 Å². The summed E-state index contributed by atoms with van der Waals surface area (Å²) in [5.41, 5.74) is 19.2. The van der Waals surface area contributed by atoms with Crippen LogP contribution in [-0.2, 0) is 36.1 Å². The Morgan fingerprint density at radius 3 is 1.31 bits per heavy atom. The van der Waals surface area contributed by atoms with Gasteiger partial charge in [-0.15, -0.1) is 0 Å². The fraction of sp³-hybridized carbons (Fsp3) is 0.263. The number of hydrogen-bond acceptors (Lipinski definition) is 0. The van der Waals surface area contributed by atoms with Crippen molar-refractivity contribution < 1.29 is 48.0 Å². The Balaban J connectivity index is 0.00000176. The first kappa shape index (κ1) is 31.5. The second-order valence-electron chi connectivity index (χ2n) is 12.8. The molecule has 4 bridgehead atoms. The van der Waals surface area contributed by atoms with Crippen LogP contribution in [0.4, 0.5) is 0 Å². The van der Waals surface area contributed by atoms with E-state index in [2.05, 4.69) is 126 Å². The van der Waals surface area contributed by atoms with E-state index in [1.807, 2.05) is 0 Å². The Labute approximate surface area is 277 Å². The number of hydrogen-bond donors (Lipinski definition) is 0. The van der Waals surface area contributed by atoms with E-state index < -0.39 is 31.3 Å². The van der Waals surface area contributed by atoms with Gasteiger partial charge in [0.1, 0.15) is 0 Å². The number of aryl methyl sites for hydroxylation is 2. The molecular formula is C38H38Cl2SiZr. The maximum atomic E-state index is 2.68. The van der Waals surface area contributed by atoms with E-state index in [-0.39, 0.29) is 24.8 Å². The molecule has 42 heavy (non-hydrogen) atoms. The maximum absolute atomic E-state index is 2.68. The Bertz CT molecular complexity index is 1610. The normalized spacial score (nSPS) is 19.0. The molecule has 0 aromatic heterocycles. The third kappa shape index (κ3) is 4.82. The summed E-state index contributed by atoms with van der Waals surface area (Å²) < 4.78 is 1.36. The molecule has 212 valence electrons. The van der Waals surface area contributed by atoms with Crippen molar-refractivity contribution in [2.75, 3.05) is 0 Å². The Hall–Kier alpha value is -1.96. The second-order valence-corrected chi connectivity index (χ2v) is 20.7. The van der Waals surface area contributed by atoms with Crippen molar-refractivity contribution in [1.29, 1.82) is 0 Å². The zero-order valence-corrected chi connectivity index (χ0v) is 30.4. The van der Waals surface area contributed by atoms with Gasteiger partial charge in [0.25, 0.3) is 0 Å². The van der Waals surface area contributed by atoms with Crippen LogP contribution in [0.1, 0.15) is 76.7 Å². The molecule has 0 spiro atoms. The van der Waals surface area contributed by atoms with Gasteiger partial charge >= 0.3 is 254 Å². The number of fused-ring (bicyclic) bond motifs is 8. The maximum Gasteiger partial charge on any atom is -1.00 e. The molecule has 0 radical (unpaired) electrons. The van der Waals surface area contributed by atoms with Gasteiger partial charge in [0.15, 0.2) is 0 Å². The molecular weight excluding hydrogens is 647 g/mol. The van der Waals surface area contributed by atoms with Crippen LogP contribution in [0.3, 0.4) is 0 Å². The molecule has 4 aromatic carbocycles. The molecule has 7 rings (SSSR count). The molecule has 2 unspecified atom stereocenters. The van der Waals surface area contributed by atoms with Crippen LogP contribution in [0.2, 0.25) is 13.1 Å². The molecule has 0 N–H and O–H groups in total. The van der Waals surface area contributed by atoms with Crippen LogP contribution in [0, 0.1) is 13.8 Å². The number of benzene rings is 4. The minimum Gasteiger partial charge on any atom is -1.00 e. The van der Waals surface area contributed by atoms with Gasteiger partial charge in [-0.2, -0.15) is 0 Å². The summed E-state index contributed by atoms with van der Waals surface area (Å²) >= 11 is -0.889. The number of halogens is 2. The fourth-order valence-corrected chi connectivity index (χ4v) is 18.7. The monoisotopic (exact) mass is 682 g/mol. The number of allylic oxidation sites excluding steroid dienone is 2. The van der Waals surface area contributed by atoms with Gasteiger partial charge < -0.3 is 24.8 Å². The quantitative estimate of drug-likeness (QED) is 0.288. The van der Waals surface area contributed by atoms with Crippen molar-refractivity contribution >= 4 is 18.5 Å². The van der Waals surface area contributed by atoms with Crippen molar-refractivity contribution in [2.45, 2.75) is 60.9 Å². The SMILES string of the molecule is CC1=C2c3c(Cc4ccccc4)ccc(C)c3[CH]1[Zr+2][CH]1C(C)=C(c3c(Cc4ccccc4)ccc(C)c31)[Si]2(C)C.[Cl-].[Cl-]. The van der Waals surface area contributed by atoms with Crippen molar-refractivity contribution in [3.63, 3.8) is 0 Å². The average molecular weight is 685 g/mol. The van der Waals surface area contributed by atoms with E-state index in [0.29, 0.717) is 7.25 Å². The second kappa shape index (κ2) is 11.9. The van der Waals surface area contributed by atoms with Gasteiger partial charge in [-0.25, -0.2) is 0 Å². The van der Waals surface area contributed by atoms with Crippen molar-refractivity contribution in [3.05, 3.63) is 152 Å². The predicted octanol–water partition coefficient (Wildman–Crippen LogP) is 3.73. The van der Waals surface area contributed by atoms with Gasteiger partial charge in [-0.1, -0.05) is 0 Å². The van der Waals surface area contributed by atoms with Crippen molar-refractivity contribution in [3.8, 4) is 0 Å². The molecule has 2 aliphatic carbocycles. The first-order valence-electron chi connectivity index (χ1n) is 14.8. The van der Waals surface area contributed by atoms with Gasteiger partial charge in [0, 0.05) is 0 Å². The average Bonchev–Trinajstić information content (AvgIpc) is 3.43. The van der Waals surface area contributed by atoms with E-state index in [4.69, 9.17) is 0 Å². The topological polar surface area (TPSA) is 0 Å². The molecule has 1 heterocycles. The molecule has 4 heteroatoms. The van der Waals surface area contributed by atoms with Crippen LogP contribution in [0.5, 0.6) is 0 Å². The van der Waals surface area contributed by atoms with Crippen LogP contribution >= 0.6 is 0 Å². The summed E-state index contributed by atoms with van der Waals surface area (Å²) in [6.07, 6.45) is 2.05. The summed E-state index contributed by atoms with van der Waals surface area (Å²) in [6, 6.07) is 32.0. The minimum atomic E-state index is -2.03. The van der Waals surface area contributed by atoms with E-state index in [9.17, 15) is 0 Å². The third-order valence-electron chi connectivity index (χ3n) is 9.89. The van der Waals surface area contributed by atoms with Crippen LogP contribution in [0.15, 0.2) is 96.1 Å². The van der Waals surface area contributed by atoms with Gasteiger partial charge in [0.05, 0.1) is 0 Å². The Morgan fingerprint density at radius 2 is 0.929 bits per heavy atom. The van der Waals surface area contributed by atoms with E-state index >= 15 is 0 Å². The molecule has 1 aliphatic heterocycles. The van der Waals surface area contributed by atoms with Crippen LogP contribution in [-0.4, -0.2) is 8.07 Å². The molecule has 0 fully saturated rings. The molecule has 2 atom stereocenters. The number of rotatable bonds is 4. The fourth-order valence-electron chi connectivity index (χ4n) is 8.23. The summed E-state index contributed by atoms with van der Waals surface area (Å²) in [7, 11) is -2.03. The summed E-state index contributed by atoms with van der Waals surface area (Å²) in [5.74, 6) is 0. The molecule has 0 saturated carbocycles. The summed E-state index contributed by atoms with van der Waals surface area (Å²) in [6.45, 7) is 15.2.